The summed E-state index contributed by atoms with van der Waals surface area (Å²) >= 11 is 0. The summed E-state index contributed by atoms with van der Waals surface area (Å²) in [5, 5.41) is 29.1. The molecule has 6 N–H and O–H groups in total. The number of esters is 1. The zero-order valence-corrected chi connectivity index (χ0v) is 19.8. The molecule has 1 saturated carbocycles. The fourth-order valence-electron chi connectivity index (χ4n) is 4.79. The van der Waals surface area contributed by atoms with Gasteiger partial charge < -0.3 is 31.4 Å². The number of rotatable bonds is 11. The van der Waals surface area contributed by atoms with Gasteiger partial charge in [0.15, 0.2) is 5.84 Å². The highest BCUT2D eigenvalue weighted by Gasteiger charge is 2.43. The van der Waals surface area contributed by atoms with Crippen molar-refractivity contribution in [2.45, 2.75) is 70.3 Å². The van der Waals surface area contributed by atoms with Crippen molar-refractivity contribution in [3.63, 3.8) is 0 Å². The van der Waals surface area contributed by atoms with Crippen LogP contribution in [0, 0.1) is 5.92 Å². The predicted octanol–water partition coefficient (Wildman–Crippen LogP) is 0.892. The number of amidine groups is 1. The Morgan fingerprint density at radius 3 is 2.50 bits per heavy atom. The molecule has 0 aromatic heterocycles. The molecule has 0 spiro atoms. The maximum atomic E-state index is 12.9. The summed E-state index contributed by atoms with van der Waals surface area (Å²) in [5.41, 5.74) is 7.05. The Morgan fingerprint density at radius 2 is 1.91 bits per heavy atom. The van der Waals surface area contributed by atoms with Crippen LogP contribution in [0.3, 0.4) is 0 Å². The average Bonchev–Trinajstić information content (AvgIpc) is 2.83. The highest BCUT2D eigenvalue weighted by molar-refractivity contribution is 5.97. The molecule has 188 valence electrons. The van der Waals surface area contributed by atoms with E-state index in [9.17, 15) is 14.7 Å². The summed E-state index contributed by atoms with van der Waals surface area (Å²) in [4.78, 5) is 26.6. The first-order valence-electron chi connectivity index (χ1n) is 12.1. The second-order valence-corrected chi connectivity index (χ2v) is 8.97. The van der Waals surface area contributed by atoms with Gasteiger partial charge in [-0.3, -0.25) is 14.5 Å². The molecule has 1 aromatic rings. The number of nitrogens with one attached hydrogen (secondary N) is 2. The van der Waals surface area contributed by atoms with Gasteiger partial charge >= 0.3 is 5.97 Å². The van der Waals surface area contributed by atoms with Crippen LogP contribution in [0.2, 0.25) is 0 Å². The molecule has 1 saturated heterocycles. The van der Waals surface area contributed by atoms with Crippen LogP contribution >= 0.6 is 0 Å². The van der Waals surface area contributed by atoms with Crippen LogP contribution in [0.25, 0.3) is 0 Å². The van der Waals surface area contributed by atoms with E-state index in [2.05, 4.69) is 15.8 Å². The van der Waals surface area contributed by atoms with E-state index in [1.165, 1.54) is 6.42 Å². The van der Waals surface area contributed by atoms with Gasteiger partial charge in [0.1, 0.15) is 6.23 Å². The van der Waals surface area contributed by atoms with E-state index in [1.807, 2.05) is 4.90 Å². The maximum Gasteiger partial charge on any atom is 0.319 e. The lowest BCUT2D eigenvalue weighted by Crippen LogP contribution is -2.65. The Balaban J connectivity index is 1.57. The number of aliphatic hydroxyl groups is 1. The van der Waals surface area contributed by atoms with Gasteiger partial charge in [0.2, 0.25) is 5.91 Å². The molecule has 0 bridgehead atoms. The molecule has 0 radical (unpaired) electrons. The standard InChI is InChI=1S/C24H37N5O5/c1-2-34-20(30)15-26-21(17-6-4-3-5-7-17)24(32)29-13-12-19(29)23(31)27-14-16-8-10-18(11-9-16)22(25)28-33/h8-11,17,19,21,24,26,32-33H,2-7,12-15H2,1H3,(H2,25,28)(H,27,31)/t19-,21+,24+/m0/s1. The molecule has 3 atom stereocenters. The van der Waals surface area contributed by atoms with Crippen LogP contribution in [-0.4, -0.2) is 70.9 Å². The van der Waals surface area contributed by atoms with E-state index in [0.717, 1.165) is 31.2 Å². The summed E-state index contributed by atoms with van der Waals surface area (Å²) in [6, 6.07) is 6.34. The summed E-state index contributed by atoms with van der Waals surface area (Å²) in [6.45, 7) is 3.08. The van der Waals surface area contributed by atoms with Crippen molar-refractivity contribution in [2.24, 2.45) is 16.8 Å². The van der Waals surface area contributed by atoms with E-state index in [-0.39, 0.29) is 36.2 Å². The van der Waals surface area contributed by atoms with Crippen LogP contribution in [0.1, 0.15) is 56.6 Å². The highest BCUT2D eigenvalue weighted by Crippen LogP contribution is 2.31. The van der Waals surface area contributed by atoms with E-state index in [4.69, 9.17) is 15.7 Å². The molecule has 34 heavy (non-hydrogen) atoms. The third-order valence-electron chi connectivity index (χ3n) is 6.79. The number of aliphatic hydroxyl groups excluding tert-OH is 1. The Morgan fingerprint density at radius 1 is 1.21 bits per heavy atom. The number of amides is 1. The summed E-state index contributed by atoms with van der Waals surface area (Å²) in [5.74, 6) is -0.209. The maximum absolute atomic E-state index is 12.9. The van der Waals surface area contributed by atoms with Crippen LogP contribution in [0.15, 0.2) is 29.4 Å². The Bertz CT molecular complexity index is 841. The number of carbonyl (C=O) groups excluding carboxylic acids is 2. The number of carbonyl (C=O) groups is 2. The van der Waals surface area contributed by atoms with Crippen molar-refractivity contribution in [2.75, 3.05) is 19.7 Å². The Kier molecular flexibility index (Phi) is 9.67. The minimum absolute atomic E-state index is 0.0266. The zero-order chi connectivity index (χ0) is 24.5. The molecule has 10 heteroatoms. The monoisotopic (exact) mass is 475 g/mol. The molecule has 1 aromatic carbocycles. The van der Waals surface area contributed by atoms with Crippen molar-refractivity contribution in [3.05, 3.63) is 35.4 Å². The smallest absolute Gasteiger partial charge is 0.319 e. The SMILES string of the molecule is CCOC(=O)CN[C@H](C1CCCCC1)[C@@H](O)N1CC[C@H]1C(=O)NCc1ccc(/C(N)=N/O)cc1. The minimum atomic E-state index is -0.859. The first kappa shape index (κ1) is 25.9. The number of ether oxygens (including phenoxy) is 1. The van der Waals surface area contributed by atoms with Crippen molar-refractivity contribution >= 4 is 17.7 Å². The summed E-state index contributed by atoms with van der Waals surface area (Å²) in [7, 11) is 0. The lowest BCUT2D eigenvalue weighted by atomic mass is 9.82. The van der Waals surface area contributed by atoms with Crippen LogP contribution in [0.4, 0.5) is 0 Å². The van der Waals surface area contributed by atoms with Gasteiger partial charge in [-0.15, -0.1) is 0 Å². The summed E-state index contributed by atoms with van der Waals surface area (Å²) < 4.78 is 5.03. The fraction of sp³-hybridized carbons (Fsp3) is 0.625. The van der Waals surface area contributed by atoms with Gasteiger partial charge in [-0.05, 0) is 37.7 Å². The minimum Gasteiger partial charge on any atom is -0.465 e. The number of hydrogen-bond donors (Lipinski definition) is 5. The number of benzene rings is 1. The number of hydrogen-bond acceptors (Lipinski definition) is 8. The zero-order valence-electron chi connectivity index (χ0n) is 19.8. The van der Waals surface area contributed by atoms with Gasteiger partial charge in [0.05, 0.1) is 19.2 Å². The topological polar surface area (TPSA) is 150 Å². The van der Waals surface area contributed by atoms with Crippen LogP contribution in [-0.2, 0) is 20.9 Å². The molecule has 1 amide bonds. The molecule has 2 aliphatic rings. The van der Waals surface area contributed by atoms with Gasteiger partial charge in [-0.2, -0.15) is 0 Å². The number of oxime groups is 1. The third kappa shape index (κ3) is 6.68. The molecular weight excluding hydrogens is 438 g/mol. The van der Waals surface area contributed by atoms with Crippen molar-refractivity contribution < 1.29 is 24.6 Å². The van der Waals surface area contributed by atoms with Gasteiger partial charge in [0.25, 0.3) is 0 Å². The number of likely N-dealkylation sites (tertiary alicyclic amines) is 1. The average molecular weight is 476 g/mol. The third-order valence-corrected chi connectivity index (χ3v) is 6.79. The van der Waals surface area contributed by atoms with Gasteiger partial charge in [0, 0.05) is 24.7 Å². The number of nitrogens with zero attached hydrogens (tertiary/aromatic N) is 2. The second-order valence-electron chi connectivity index (χ2n) is 8.97. The number of nitrogens with two attached hydrogens (primary N) is 1. The lowest BCUT2D eigenvalue weighted by molar-refractivity contribution is -0.150. The molecule has 10 nitrogen and oxygen atoms in total. The van der Waals surface area contributed by atoms with Crippen molar-refractivity contribution in [3.8, 4) is 0 Å². The molecule has 1 heterocycles. The van der Waals surface area contributed by atoms with Crippen LogP contribution < -0.4 is 16.4 Å². The molecular formula is C24H37N5O5. The van der Waals surface area contributed by atoms with E-state index in [1.54, 1.807) is 31.2 Å². The quantitative estimate of drug-likeness (QED) is 0.104. The van der Waals surface area contributed by atoms with E-state index >= 15 is 0 Å². The van der Waals surface area contributed by atoms with Crippen molar-refractivity contribution in [1.29, 1.82) is 0 Å². The highest BCUT2D eigenvalue weighted by atomic mass is 16.5. The van der Waals surface area contributed by atoms with Crippen LogP contribution in [0.5, 0.6) is 0 Å². The Hall–Kier alpha value is -2.69. The Labute approximate surface area is 200 Å². The normalized spacial score (nSPS) is 21.4. The molecule has 1 aliphatic carbocycles. The lowest BCUT2D eigenvalue weighted by Gasteiger charge is -2.47. The largest absolute Gasteiger partial charge is 0.465 e. The molecule has 2 fully saturated rings. The van der Waals surface area contributed by atoms with Crippen molar-refractivity contribution in [1.82, 2.24) is 15.5 Å². The predicted molar refractivity (Wildman–Crippen MR) is 127 cm³/mol. The molecule has 0 unspecified atom stereocenters. The molecule has 3 rings (SSSR count). The van der Waals surface area contributed by atoms with E-state index in [0.29, 0.717) is 31.7 Å². The second kappa shape index (κ2) is 12.7. The first-order chi connectivity index (χ1) is 16.4. The van der Waals surface area contributed by atoms with Gasteiger partial charge in [-0.1, -0.05) is 48.7 Å². The summed E-state index contributed by atoms with van der Waals surface area (Å²) in [6.07, 6.45) is 5.18. The van der Waals surface area contributed by atoms with E-state index < -0.39 is 12.3 Å². The first-order valence-corrected chi connectivity index (χ1v) is 12.1. The van der Waals surface area contributed by atoms with Gasteiger partial charge in [-0.25, -0.2) is 0 Å². The fourth-order valence-corrected chi connectivity index (χ4v) is 4.79. The molecule has 1 aliphatic heterocycles.